The van der Waals surface area contributed by atoms with E-state index in [4.69, 9.17) is 14.8 Å². The molecule has 3 aromatic heterocycles. The minimum absolute atomic E-state index is 0.229. The number of aromatic amines is 1. The second-order valence-corrected chi connectivity index (χ2v) is 7.63. The summed E-state index contributed by atoms with van der Waals surface area (Å²) >= 11 is 0. The average Bonchev–Trinajstić information content (AvgIpc) is 3.36. The van der Waals surface area contributed by atoms with Gasteiger partial charge < -0.3 is 29.6 Å². The third-order valence-electron chi connectivity index (χ3n) is 5.51. The summed E-state index contributed by atoms with van der Waals surface area (Å²) in [6.45, 7) is 0.303. The monoisotopic (exact) mass is 422 g/mol. The van der Waals surface area contributed by atoms with Crippen LogP contribution in [0.15, 0.2) is 36.7 Å². The molecule has 3 heterocycles. The number of likely N-dealkylation sites (N-methyl/N-ethyl adjacent to an activating group) is 1. The predicted molar refractivity (Wildman–Crippen MR) is 121 cm³/mol. The van der Waals surface area contributed by atoms with Crippen molar-refractivity contribution in [3.8, 4) is 11.3 Å². The van der Waals surface area contributed by atoms with E-state index < -0.39 is 6.09 Å². The smallest absolute Gasteiger partial charge is 0.407 e. The summed E-state index contributed by atoms with van der Waals surface area (Å²) in [5.74, 6) is 0.732. The van der Waals surface area contributed by atoms with Crippen LogP contribution in [-0.2, 0) is 18.2 Å². The van der Waals surface area contributed by atoms with E-state index in [1.165, 1.54) is 4.90 Å². The Morgan fingerprint density at radius 3 is 2.90 bits per heavy atom. The summed E-state index contributed by atoms with van der Waals surface area (Å²) in [5, 5.41) is 13.2. The van der Waals surface area contributed by atoms with Gasteiger partial charge in [-0.25, -0.2) is 14.8 Å². The van der Waals surface area contributed by atoms with Crippen LogP contribution in [0.1, 0.15) is 5.56 Å². The maximum atomic E-state index is 11.1. The molecular weight excluding hydrogens is 396 g/mol. The second-order valence-electron chi connectivity index (χ2n) is 7.63. The Balaban J connectivity index is 1.68. The van der Waals surface area contributed by atoms with Crippen molar-refractivity contribution >= 4 is 34.0 Å². The lowest BCUT2D eigenvalue weighted by Crippen LogP contribution is -2.35. The molecule has 0 radical (unpaired) electrons. The van der Waals surface area contributed by atoms with Gasteiger partial charge in [0.1, 0.15) is 11.2 Å². The molecule has 1 aromatic carbocycles. The molecule has 0 saturated carbocycles. The van der Waals surface area contributed by atoms with Crippen molar-refractivity contribution in [1.82, 2.24) is 24.4 Å². The van der Waals surface area contributed by atoms with Gasteiger partial charge in [-0.15, -0.1) is 0 Å². The van der Waals surface area contributed by atoms with Crippen molar-refractivity contribution in [2.45, 2.75) is 12.5 Å². The number of fused-ring (bicyclic) bond motifs is 3. The van der Waals surface area contributed by atoms with E-state index in [0.29, 0.717) is 13.0 Å². The first-order valence-corrected chi connectivity index (χ1v) is 9.99. The first-order chi connectivity index (χ1) is 14.9. The standard InChI is InChI=1S/C22H26N6O3/c1-23-21-18-19(28(3)12-24-18)16-10-17(25-20(16)26-21)14-7-5-6-13(8-14)9-15(31-4)11-27(2)22(29)30/h5-8,10,12,15H,9,11H2,1-4H3,(H,29,30)(H2,23,25,26). The Morgan fingerprint density at radius 1 is 1.39 bits per heavy atom. The van der Waals surface area contributed by atoms with E-state index in [1.54, 1.807) is 20.5 Å². The molecule has 9 nitrogen and oxygen atoms in total. The summed E-state index contributed by atoms with van der Waals surface area (Å²) < 4.78 is 7.50. The van der Waals surface area contributed by atoms with Crippen molar-refractivity contribution in [3.63, 3.8) is 0 Å². The fourth-order valence-corrected chi connectivity index (χ4v) is 3.86. The first kappa shape index (κ1) is 20.7. The number of imidazole rings is 1. The molecule has 4 aromatic rings. The fourth-order valence-electron chi connectivity index (χ4n) is 3.86. The quantitative estimate of drug-likeness (QED) is 0.422. The Hall–Kier alpha value is -3.59. The fraction of sp³-hybridized carbons (Fsp3) is 0.318. The van der Waals surface area contributed by atoms with Crippen LogP contribution >= 0.6 is 0 Å². The number of amides is 1. The van der Waals surface area contributed by atoms with E-state index in [1.807, 2.05) is 36.9 Å². The number of nitrogens with one attached hydrogen (secondary N) is 2. The van der Waals surface area contributed by atoms with Gasteiger partial charge in [-0.2, -0.15) is 0 Å². The van der Waals surface area contributed by atoms with Crippen LogP contribution in [0.5, 0.6) is 0 Å². The van der Waals surface area contributed by atoms with Crippen molar-refractivity contribution in [1.29, 1.82) is 0 Å². The van der Waals surface area contributed by atoms with Crippen LogP contribution in [0.4, 0.5) is 10.6 Å². The highest BCUT2D eigenvalue weighted by atomic mass is 16.5. The molecule has 0 bridgehead atoms. The Kier molecular flexibility index (Phi) is 5.51. The van der Waals surface area contributed by atoms with E-state index in [9.17, 15) is 4.79 Å². The maximum Gasteiger partial charge on any atom is 0.407 e. The third-order valence-corrected chi connectivity index (χ3v) is 5.51. The summed E-state index contributed by atoms with van der Waals surface area (Å²) in [4.78, 5) is 25.0. The number of benzene rings is 1. The average molecular weight is 422 g/mol. The van der Waals surface area contributed by atoms with Crippen LogP contribution in [0.3, 0.4) is 0 Å². The van der Waals surface area contributed by atoms with Gasteiger partial charge in [0.05, 0.1) is 24.5 Å². The molecule has 0 aliphatic carbocycles. The number of hydrogen-bond acceptors (Lipinski definition) is 5. The lowest BCUT2D eigenvalue weighted by molar-refractivity contribution is 0.0693. The summed E-state index contributed by atoms with van der Waals surface area (Å²) in [6.07, 6.45) is 1.20. The van der Waals surface area contributed by atoms with Gasteiger partial charge in [0.2, 0.25) is 0 Å². The number of anilines is 1. The van der Waals surface area contributed by atoms with E-state index in [-0.39, 0.29) is 6.10 Å². The molecule has 0 spiro atoms. The number of aryl methyl sites for hydroxylation is 1. The number of ether oxygens (including phenoxy) is 1. The zero-order valence-electron chi connectivity index (χ0n) is 18.0. The number of H-pyrrole nitrogens is 1. The van der Waals surface area contributed by atoms with Gasteiger partial charge in [0.25, 0.3) is 0 Å². The largest absolute Gasteiger partial charge is 0.465 e. The number of pyridine rings is 1. The molecule has 0 saturated heterocycles. The SMILES string of the molecule is CNc1nc2[nH]c(-c3cccc(CC(CN(C)C(=O)O)OC)c3)cc2c2c1ncn2C. The second kappa shape index (κ2) is 8.27. The topological polar surface area (TPSA) is 108 Å². The normalized spacial score (nSPS) is 12.4. The van der Waals surface area contributed by atoms with Gasteiger partial charge in [-0.1, -0.05) is 18.2 Å². The molecule has 162 valence electrons. The number of hydrogen-bond donors (Lipinski definition) is 3. The molecule has 0 fully saturated rings. The molecule has 0 aliphatic heterocycles. The number of methoxy groups -OCH3 is 1. The van der Waals surface area contributed by atoms with Crippen molar-refractivity contribution in [2.75, 3.05) is 33.1 Å². The van der Waals surface area contributed by atoms with Crippen LogP contribution in [0.25, 0.3) is 33.3 Å². The van der Waals surface area contributed by atoms with E-state index >= 15 is 0 Å². The highest BCUT2D eigenvalue weighted by Gasteiger charge is 2.17. The van der Waals surface area contributed by atoms with Gasteiger partial charge in [0.15, 0.2) is 5.82 Å². The molecule has 9 heteroatoms. The molecule has 31 heavy (non-hydrogen) atoms. The minimum Gasteiger partial charge on any atom is -0.465 e. The zero-order chi connectivity index (χ0) is 22.1. The molecule has 0 aliphatic rings. The van der Waals surface area contributed by atoms with Gasteiger partial charge in [-0.05, 0) is 23.3 Å². The highest BCUT2D eigenvalue weighted by Crippen LogP contribution is 2.32. The summed E-state index contributed by atoms with van der Waals surface area (Å²) in [7, 11) is 6.96. The highest BCUT2D eigenvalue weighted by molar-refractivity contribution is 6.07. The van der Waals surface area contributed by atoms with Crippen molar-refractivity contribution in [3.05, 3.63) is 42.2 Å². The van der Waals surface area contributed by atoms with Crippen molar-refractivity contribution < 1.29 is 14.6 Å². The molecule has 1 atom stereocenters. The Bertz CT molecular complexity index is 1240. The van der Waals surface area contributed by atoms with E-state index in [2.05, 4.69) is 27.4 Å². The number of nitrogens with zero attached hydrogens (tertiary/aromatic N) is 4. The van der Waals surface area contributed by atoms with E-state index in [0.717, 1.165) is 44.7 Å². The zero-order valence-corrected chi connectivity index (χ0v) is 18.0. The third kappa shape index (κ3) is 3.91. The predicted octanol–water partition coefficient (Wildman–Crippen LogP) is 3.33. The number of carbonyl (C=O) groups is 1. The number of carboxylic acid groups (broad SMARTS) is 1. The lowest BCUT2D eigenvalue weighted by Gasteiger charge is -2.21. The van der Waals surface area contributed by atoms with Crippen LogP contribution in [0, 0.1) is 0 Å². The van der Waals surface area contributed by atoms with Crippen LogP contribution < -0.4 is 5.32 Å². The maximum absolute atomic E-state index is 11.1. The van der Waals surface area contributed by atoms with Crippen molar-refractivity contribution in [2.24, 2.45) is 7.05 Å². The summed E-state index contributed by atoms with van der Waals surface area (Å²) in [5.41, 5.74) is 5.69. The Morgan fingerprint density at radius 2 is 2.19 bits per heavy atom. The van der Waals surface area contributed by atoms with Gasteiger partial charge in [-0.3, -0.25) is 0 Å². The van der Waals surface area contributed by atoms with Gasteiger partial charge in [0, 0.05) is 45.8 Å². The minimum atomic E-state index is -0.969. The molecule has 4 rings (SSSR count). The van der Waals surface area contributed by atoms with Crippen LogP contribution in [0.2, 0.25) is 0 Å². The summed E-state index contributed by atoms with van der Waals surface area (Å²) in [6, 6.07) is 10.2. The molecule has 1 unspecified atom stereocenters. The molecule has 3 N–H and O–H groups in total. The first-order valence-electron chi connectivity index (χ1n) is 9.99. The van der Waals surface area contributed by atoms with Gasteiger partial charge >= 0.3 is 6.09 Å². The van der Waals surface area contributed by atoms with Crippen LogP contribution in [-0.4, -0.2) is 69.5 Å². The number of aromatic nitrogens is 4. The number of rotatable bonds is 7. The molecular formula is C22H26N6O3. The molecule has 1 amide bonds. The lowest BCUT2D eigenvalue weighted by atomic mass is 10.0. The Labute approximate surface area is 179 Å².